The number of carbonyl (C=O) groups excluding carboxylic acids is 2. The number of ether oxygens (including phenoxy) is 1. The van der Waals surface area contributed by atoms with Gasteiger partial charge < -0.3 is 20.1 Å². The van der Waals surface area contributed by atoms with Gasteiger partial charge in [-0.2, -0.15) is 0 Å². The molecule has 1 fully saturated rings. The lowest BCUT2D eigenvalue weighted by atomic mass is 10.1. The Labute approximate surface area is 136 Å². The molecule has 0 aromatic heterocycles. The Morgan fingerprint density at radius 3 is 2.70 bits per heavy atom. The van der Waals surface area contributed by atoms with Gasteiger partial charge in [0.25, 0.3) is 5.91 Å². The third-order valence-electron chi connectivity index (χ3n) is 3.64. The standard InChI is InChI=1S/C17H24N2O4/c1-17(2,3)23-16(22)18-10-12-8-9-19(11-12)15(21)13-6-4-5-7-14(13)20/h4-7,12,20H,8-11H2,1-3H3,(H,18,22)/t12-/m1/s1. The molecule has 1 aliphatic heterocycles. The van der Waals surface area contributed by atoms with Crippen molar-refractivity contribution in [2.24, 2.45) is 5.92 Å². The highest BCUT2D eigenvalue weighted by atomic mass is 16.6. The molecule has 0 spiro atoms. The number of carbonyl (C=O) groups is 2. The zero-order chi connectivity index (χ0) is 17.0. The van der Waals surface area contributed by atoms with Crippen molar-refractivity contribution in [2.75, 3.05) is 19.6 Å². The van der Waals surface area contributed by atoms with Crippen LogP contribution in [0.15, 0.2) is 24.3 Å². The summed E-state index contributed by atoms with van der Waals surface area (Å²) in [6.45, 7) is 7.09. The molecule has 6 heteroatoms. The molecule has 1 aliphatic rings. The van der Waals surface area contributed by atoms with Gasteiger partial charge in [-0.25, -0.2) is 4.79 Å². The summed E-state index contributed by atoms with van der Waals surface area (Å²) in [6, 6.07) is 6.53. The summed E-state index contributed by atoms with van der Waals surface area (Å²) in [5, 5.41) is 12.5. The number of nitrogens with zero attached hydrogens (tertiary/aromatic N) is 1. The summed E-state index contributed by atoms with van der Waals surface area (Å²) in [5.41, 5.74) is -0.208. The molecule has 1 atom stereocenters. The first kappa shape index (κ1) is 17.1. The van der Waals surface area contributed by atoms with Crippen LogP contribution in [0.25, 0.3) is 0 Å². The number of benzene rings is 1. The maximum absolute atomic E-state index is 12.4. The van der Waals surface area contributed by atoms with E-state index in [1.54, 1.807) is 23.1 Å². The number of alkyl carbamates (subject to hydrolysis) is 1. The Hall–Kier alpha value is -2.24. The Morgan fingerprint density at radius 2 is 2.04 bits per heavy atom. The normalized spacial score (nSPS) is 17.9. The van der Waals surface area contributed by atoms with E-state index in [1.807, 2.05) is 20.8 Å². The highest BCUT2D eigenvalue weighted by Crippen LogP contribution is 2.22. The number of rotatable bonds is 3. The van der Waals surface area contributed by atoms with E-state index in [9.17, 15) is 14.7 Å². The number of para-hydroxylation sites is 1. The van der Waals surface area contributed by atoms with Crippen LogP contribution in [0, 0.1) is 5.92 Å². The van der Waals surface area contributed by atoms with Crippen molar-refractivity contribution >= 4 is 12.0 Å². The summed E-state index contributed by atoms with van der Waals surface area (Å²) in [6.07, 6.45) is 0.373. The fraction of sp³-hybridized carbons (Fsp3) is 0.529. The number of phenolic OH excluding ortho intramolecular Hbond substituents is 1. The van der Waals surface area contributed by atoms with Crippen LogP contribution in [0.2, 0.25) is 0 Å². The van der Waals surface area contributed by atoms with E-state index in [-0.39, 0.29) is 17.6 Å². The van der Waals surface area contributed by atoms with Crippen LogP contribution >= 0.6 is 0 Å². The molecule has 0 radical (unpaired) electrons. The summed E-state index contributed by atoms with van der Waals surface area (Å²) >= 11 is 0. The SMILES string of the molecule is CC(C)(C)OC(=O)NC[C@H]1CCN(C(=O)c2ccccc2O)C1. The van der Waals surface area contributed by atoms with Crippen LogP contribution in [-0.2, 0) is 4.74 Å². The highest BCUT2D eigenvalue weighted by molar-refractivity contribution is 5.96. The van der Waals surface area contributed by atoms with Gasteiger partial charge in [-0.15, -0.1) is 0 Å². The molecule has 1 saturated heterocycles. The van der Waals surface area contributed by atoms with Crippen LogP contribution in [0.4, 0.5) is 4.79 Å². The number of phenols is 1. The van der Waals surface area contributed by atoms with Crippen molar-refractivity contribution < 1.29 is 19.4 Å². The highest BCUT2D eigenvalue weighted by Gasteiger charge is 2.28. The first-order chi connectivity index (χ1) is 10.8. The average molecular weight is 320 g/mol. The van der Waals surface area contributed by atoms with E-state index in [1.165, 1.54) is 6.07 Å². The smallest absolute Gasteiger partial charge is 0.407 e. The molecule has 0 saturated carbocycles. The summed E-state index contributed by atoms with van der Waals surface area (Å²) < 4.78 is 5.19. The zero-order valence-electron chi connectivity index (χ0n) is 13.8. The molecule has 1 aromatic carbocycles. The number of aromatic hydroxyl groups is 1. The molecule has 2 N–H and O–H groups in total. The second-order valence-corrected chi connectivity index (χ2v) is 6.81. The molecule has 6 nitrogen and oxygen atoms in total. The lowest BCUT2D eigenvalue weighted by Crippen LogP contribution is -2.36. The average Bonchev–Trinajstić information content (AvgIpc) is 2.92. The molecule has 0 bridgehead atoms. The maximum atomic E-state index is 12.4. The van der Waals surface area contributed by atoms with Gasteiger partial charge in [0.2, 0.25) is 0 Å². The Kier molecular flexibility index (Phi) is 5.13. The minimum absolute atomic E-state index is 0.00664. The van der Waals surface area contributed by atoms with Crippen LogP contribution in [0.5, 0.6) is 5.75 Å². The molecule has 0 unspecified atom stereocenters. The van der Waals surface area contributed by atoms with Crippen LogP contribution in [0.3, 0.4) is 0 Å². The molecule has 23 heavy (non-hydrogen) atoms. The zero-order valence-corrected chi connectivity index (χ0v) is 13.8. The van der Waals surface area contributed by atoms with Crippen molar-refractivity contribution in [1.82, 2.24) is 10.2 Å². The molecule has 1 heterocycles. The topological polar surface area (TPSA) is 78.9 Å². The first-order valence-electron chi connectivity index (χ1n) is 7.80. The Bertz CT molecular complexity index is 580. The van der Waals surface area contributed by atoms with Gasteiger partial charge in [-0.1, -0.05) is 12.1 Å². The van der Waals surface area contributed by atoms with E-state index in [0.717, 1.165) is 6.42 Å². The van der Waals surface area contributed by atoms with Gasteiger partial charge in [0.15, 0.2) is 0 Å². The summed E-state index contributed by atoms with van der Waals surface area (Å²) in [4.78, 5) is 25.7. The van der Waals surface area contributed by atoms with Gasteiger partial charge in [0, 0.05) is 19.6 Å². The van der Waals surface area contributed by atoms with E-state index in [4.69, 9.17) is 4.74 Å². The van der Waals surface area contributed by atoms with Crippen molar-refractivity contribution in [3.63, 3.8) is 0 Å². The number of amides is 2. The van der Waals surface area contributed by atoms with Crippen molar-refractivity contribution in [3.05, 3.63) is 29.8 Å². The number of likely N-dealkylation sites (tertiary alicyclic amines) is 1. The van der Waals surface area contributed by atoms with E-state index in [2.05, 4.69) is 5.32 Å². The second-order valence-electron chi connectivity index (χ2n) is 6.81. The van der Waals surface area contributed by atoms with E-state index >= 15 is 0 Å². The molecule has 126 valence electrons. The summed E-state index contributed by atoms with van der Waals surface area (Å²) in [7, 11) is 0. The fourth-order valence-corrected chi connectivity index (χ4v) is 2.55. The van der Waals surface area contributed by atoms with E-state index < -0.39 is 11.7 Å². The third kappa shape index (κ3) is 4.87. The Morgan fingerprint density at radius 1 is 1.35 bits per heavy atom. The van der Waals surface area contributed by atoms with Gasteiger partial charge >= 0.3 is 6.09 Å². The van der Waals surface area contributed by atoms with Crippen molar-refractivity contribution in [3.8, 4) is 5.75 Å². The van der Waals surface area contributed by atoms with Crippen LogP contribution in [-0.4, -0.2) is 47.2 Å². The fourth-order valence-electron chi connectivity index (χ4n) is 2.55. The predicted octanol–water partition coefficient (Wildman–Crippen LogP) is 2.38. The Balaban J connectivity index is 1.83. The minimum atomic E-state index is -0.521. The molecule has 1 aromatic rings. The summed E-state index contributed by atoms with van der Waals surface area (Å²) in [5.74, 6) is 0.00743. The number of nitrogens with one attached hydrogen (secondary N) is 1. The number of hydrogen-bond acceptors (Lipinski definition) is 4. The van der Waals surface area contributed by atoms with Gasteiger partial charge in [0.05, 0.1) is 5.56 Å². The second kappa shape index (κ2) is 6.89. The molecule has 2 amide bonds. The lowest BCUT2D eigenvalue weighted by Gasteiger charge is -2.21. The van der Waals surface area contributed by atoms with Crippen molar-refractivity contribution in [1.29, 1.82) is 0 Å². The first-order valence-corrected chi connectivity index (χ1v) is 7.80. The molecular formula is C17H24N2O4. The lowest BCUT2D eigenvalue weighted by molar-refractivity contribution is 0.0520. The maximum Gasteiger partial charge on any atom is 0.407 e. The van der Waals surface area contributed by atoms with Gasteiger partial charge in [-0.05, 0) is 45.2 Å². The molecular weight excluding hydrogens is 296 g/mol. The van der Waals surface area contributed by atoms with Crippen molar-refractivity contribution in [2.45, 2.75) is 32.8 Å². The molecule has 0 aliphatic carbocycles. The molecule has 2 rings (SSSR count). The van der Waals surface area contributed by atoms with Crippen LogP contribution < -0.4 is 5.32 Å². The monoisotopic (exact) mass is 320 g/mol. The largest absolute Gasteiger partial charge is 0.507 e. The quantitative estimate of drug-likeness (QED) is 0.896. The third-order valence-corrected chi connectivity index (χ3v) is 3.64. The van der Waals surface area contributed by atoms with Crippen LogP contribution in [0.1, 0.15) is 37.6 Å². The van der Waals surface area contributed by atoms with E-state index in [0.29, 0.717) is 25.2 Å². The predicted molar refractivity (Wildman–Crippen MR) is 86.4 cm³/mol. The van der Waals surface area contributed by atoms with Gasteiger partial charge in [-0.3, -0.25) is 4.79 Å². The number of hydrogen-bond donors (Lipinski definition) is 2. The van der Waals surface area contributed by atoms with Gasteiger partial charge in [0.1, 0.15) is 11.4 Å². The minimum Gasteiger partial charge on any atom is -0.507 e.